The van der Waals surface area contributed by atoms with E-state index in [0.717, 1.165) is 0 Å². The molecule has 2 aromatic rings. The van der Waals surface area contributed by atoms with Crippen molar-refractivity contribution in [2.24, 2.45) is 0 Å². The molecule has 0 saturated carbocycles. The first-order valence-corrected chi connectivity index (χ1v) is 9.81. The van der Waals surface area contributed by atoms with Crippen LogP contribution in [0, 0.1) is 3.95 Å². The minimum absolute atomic E-state index is 0.0717. The van der Waals surface area contributed by atoms with Gasteiger partial charge in [-0.1, -0.05) is 6.58 Å². The van der Waals surface area contributed by atoms with Crippen LogP contribution in [-0.4, -0.2) is 51.4 Å². The first kappa shape index (κ1) is 21.1. The summed E-state index contributed by atoms with van der Waals surface area (Å²) in [4.78, 5) is 31.2. The number of nitrogen functional groups attached to an aromatic ring is 1. The molecule has 1 saturated heterocycles. The number of thiazole rings is 1. The lowest BCUT2D eigenvalue weighted by molar-refractivity contribution is -0.157. The minimum atomic E-state index is -0.871. The van der Waals surface area contributed by atoms with Crippen LogP contribution in [-0.2, 0) is 28.5 Å². The van der Waals surface area contributed by atoms with Crippen LogP contribution in [0.25, 0.3) is 10.3 Å². The van der Waals surface area contributed by atoms with Gasteiger partial charge in [0.15, 0.2) is 28.0 Å². The summed E-state index contributed by atoms with van der Waals surface area (Å²) in [6, 6.07) is 0. The molecule has 0 unspecified atom stereocenters. The maximum absolute atomic E-state index is 11.7. The van der Waals surface area contributed by atoms with E-state index in [9.17, 15) is 9.59 Å². The predicted octanol–water partition coefficient (Wildman–Crippen LogP) is 2.12. The Morgan fingerprint density at radius 3 is 2.66 bits per heavy atom. The zero-order chi connectivity index (χ0) is 21.3. The number of carbonyl (C=O) groups excluding carboxylic acids is 2. The summed E-state index contributed by atoms with van der Waals surface area (Å²) in [5, 5.41) is 0. The third kappa shape index (κ3) is 4.54. The zero-order valence-corrected chi connectivity index (χ0v) is 17.6. The molecule has 3 rings (SSSR count). The molecule has 12 heteroatoms. The van der Waals surface area contributed by atoms with Gasteiger partial charge >= 0.3 is 11.9 Å². The van der Waals surface area contributed by atoms with E-state index in [2.05, 4.69) is 16.5 Å². The van der Waals surface area contributed by atoms with Crippen molar-refractivity contribution in [3.8, 4) is 0 Å². The molecule has 4 atom stereocenters. The summed E-state index contributed by atoms with van der Waals surface area (Å²) in [5.41, 5.74) is 6.20. The number of nitrogens with two attached hydrogens (primary N) is 1. The molecule has 10 nitrogen and oxygen atoms in total. The topological polar surface area (TPSA) is 128 Å². The molecule has 1 fully saturated rings. The quantitative estimate of drug-likeness (QED) is 0.405. The third-order valence-electron chi connectivity index (χ3n) is 4.01. The molecule has 2 aromatic heterocycles. The second kappa shape index (κ2) is 8.43. The summed E-state index contributed by atoms with van der Waals surface area (Å²) >= 11 is 6.77. The Hall–Kier alpha value is -2.57. The van der Waals surface area contributed by atoms with Crippen LogP contribution in [0.15, 0.2) is 18.5 Å². The molecule has 1 aliphatic rings. The number of esters is 2. The highest BCUT2D eigenvalue weighted by atomic mass is 32.1. The Bertz CT molecular complexity index is 1020. The fourth-order valence-corrected chi connectivity index (χ4v) is 4.29. The van der Waals surface area contributed by atoms with Gasteiger partial charge in [0.1, 0.15) is 12.7 Å². The smallest absolute Gasteiger partial charge is 0.303 e. The lowest BCUT2D eigenvalue weighted by Crippen LogP contribution is -2.39. The molecule has 0 spiro atoms. The van der Waals surface area contributed by atoms with Crippen LogP contribution in [0.4, 0.5) is 5.95 Å². The van der Waals surface area contributed by atoms with Gasteiger partial charge in [0.2, 0.25) is 5.95 Å². The molecule has 0 aromatic carbocycles. The largest absolute Gasteiger partial charge is 0.487 e. The lowest BCUT2D eigenvalue weighted by Gasteiger charge is -2.25. The second-order valence-corrected chi connectivity index (χ2v) is 8.06. The van der Waals surface area contributed by atoms with Crippen LogP contribution < -0.4 is 5.73 Å². The first-order valence-electron chi connectivity index (χ1n) is 8.59. The molecule has 156 valence electrons. The van der Waals surface area contributed by atoms with Crippen LogP contribution in [0.3, 0.4) is 0 Å². The number of fused-ring (bicyclic) bond motifs is 1. The van der Waals surface area contributed by atoms with Gasteiger partial charge in [0, 0.05) is 13.8 Å². The standard InChI is InChI=1S/C17H20N4O6S2/c1-7(2)25-13-12(26-9(4)23)10(6-24-8(3)22)27-15(13)21-14-11(29-17(21)28)5-19-16(18)20-14/h5,10,12-13,15H,1,6H2,2-4H3,(H2,18,19,20)/t10-,12-,13-,15-/m1/s1. The number of ether oxygens (including phenoxy) is 4. The van der Waals surface area contributed by atoms with Crippen molar-refractivity contribution in [3.05, 3.63) is 22.5 Å². The van der Waals surface area contributed by atoms with Crippen molar-refractivity contribution in [3.63, 3.8) is 0 Å². The molecule has 29 heavy (non-hydrogen) atoms. The van der Waals surface area contributed by atoms with Gasteiger partial charge in [-0.05, 0) is 19.1 Å². The van der Waals surface area contributed by atoms with E-state index in [1.54, 1.807) is 17.7 Å². The maximum Gasteiger partial charge on any atom is 0.303 e. The Kier molecular flexibility index (Phi) is 6.15. The average molecular weight is 441 g/mol. The fraction of sp³-hybridized carbons (Fsp3) is 0.471. The average Bonchev–Trinajstić information content (AvgIpc) is 3.09. The van der Waals surface area contributed by atoms with Gasteiger partial charge in [-0.2, -0.15) is 4.98 Å². The van der Waals surface area contributed by atoms with Crippen LogP contribution in [0.2, 0.25) is 0 Å². The number of rotatable bonds is 6. The molecule has 0 radical (unpaired) electrons. The van der Waals surface area contributed by atoms with Gasteiger partial charge < -0.3 is 24.7 Å². The second-order valence-electron chi connectivity index (χ2n) is 6.38. The molecule has 0 amide bonds. The fourth-order valence-electron chi connectivity index (χ4n) is 3.02. The normalized spacial score (nSPS) is 23.7. The lowest BCUT2D eigenvalue weighted by atomic mass is 10.1. The van der Waals surface area contributed by atoms with E-state index in [-0.39, 0.29) is 12.6 Å². The van der Waals surface area contributed by atoms with Crippen molar-refractivity contribution in [1.29, 1.82) is 0 Å². The van der Waals surface area contributed by atoms with Gasteiger partial charge in [0.05, 0.1) is 16.7 Å². The molecule has 0 bridgehead atoms. The van der Waals surface area contributed by atoms with Crippen molar-refractivity contribution in [2.75, 3.05) is 12.3 Å². The molecule has 3 heterocycles. The number of hydrogen-bond donors (Lipinski definition) is 1. The molecular formula is C17H20N4O6S2. The van der Waals surface area contributed by atoms with Crippen LogP contribution in [0.1, 0.15) is 27.0 Å². The van der Waals surface area contributed by atoms with E-state index < -0.39 is 36.5 Å². The summed E-state index contributed by atoms with van der Waals surface area (Å²) in [7, 11) is 0. The van der Waals surface area contributed by atoms with E-state index >= 15 is 0 Å². The monoisotopic (exact) mass is 440 g/mol. The van der Waals surface area contributed by atoms with Crippen molar-refractivity contribution in [1.82, 2.24) is 14.5 Å². The molecule has 0 aliphatic carbocycles. The van der Waals surface area contributed by atoms with Gasteiger partial charge in [0.25, 0.3) is 0 Å². The number of allylic oxidation sites excluding steroid dienone is 1. The Morgan fingerprint density at radius 2 is 2.03 bits per heavy atom. The third-order valence-corrected chi connectivity index (χ3v) is 5.33. The minimum Gasteiger partial charge on any atom is -0.487 e. The van der Waals surface area contributed by atoms with Crippen molar-refractivity contribution < 1.29 is 28.5 Å². The van der Waals surface area contributed by atoms with E-state index in [0.29, 0.717) is 20.1 Å². The first-order chi connectivity index (χ1) is 13.7. The number of hydrogen-bond acceptors (Lipinski definition) is 11. The van der Waals surface area contributed by atoms with Gasteiger partial charge in [-0.3, -0.25) is 14.2 Å². The zero-order valence-electron chi connectivity index (χ0n) is 16.0. The van der Waals surface area contributed by atoms with Gasteiger partial charge in [-0.25, -0.2) is 4.98 Å². The van der Waals surface area contributed by atoms with E-state index in [1.807, 2.05) is 0 Å². The predicted molar refractivity (Wildman–Crippen MR) is 106 cm³/mol. The SMILES string of the molecule is C=C(C)O[C@@H]1[C@H](OC(C)=O)[C@@H](COC(C)=O)O[C@H]1n1c(=S)sc2cnc(N)nc21. The summed E-state index contributed by atoms with van der Waals surface area (Å²) in [6.45, 7) is 7.84. The molecule has 1 aliphatic heterocycles. The number of aromatic nitrogens is 3. The Morgan fingerprint density at radius 1 is 1.31 bits per heavy atom. The van der Waals surface area contributed by atoms with Crippen LogP contribution >= 0.6 is 23.6 Å². The number of carbonyl (C=O) groups is 2. The Labute approximate surface area is 175 Å². The van der Waals surface area contributed by atoms with Crippen LogP contribution in [0.5, 0.6) is 0 Å². The highest BCUT2D eigenvalue weighted by Gasteiger charge is 2.50. The molecular weight excluding hydrogens is 420 g/mol. The number of nitrogens with zero attached hydrogens (tertiary/aromatic N) is 3. The van der Waals surface area contributed by atoms with Crippen molar-refractivity contribution in [2.45, 2.75) is 45.3 Å². The summed E-state index contributed by atoms with van der Waals surface area (Å²) in [6.07, 6.45) is -1.72. The highest BCUT2D eigenvalue weighted by molar-refractivity contribution is 7.73. The maximum atomic E-state index is 11.7. The van der Waals surface area contributed by atoms with Gasteiger partial charge in [-0.15, -0.1) is 11.3 Å². The van der Waals surface area contributed by atoms with E-state index in [1.165, 1.54) is 25.2 Å². The summed E-state index contributed by atoms with van der Waals surface area (Å²) < 4.78 is 25.3. The highest BCUT2D eigenvalue weighted by Crippen LogP contribution is 2.38. The number of anilines is 1. The molecule has 2 N–H and O–H groups in total. The van der Waals surface area contributed by atoms with Crippen molar-refractivity contribution >= 4 is 51.8 Å². The van der Waals surface area contributed by atoms with E-state index in [4.69, 9.17) is 36.9 Å². The Balaban J connectivity index is 2.08. The summed E-state index contributed by atoms with van der Waals surface area (Å²) in [5.74, 6) is -0.571.